The molecule has 4 aliphatic rings. The first-order chi connectivity index (χ1) is 22.3. The minimum absolute atomic E-state index is 0.0840. The van der Waals surface area contributed by atoms with Gasteiger partial charge in [0.1, 0.15) is 17.4 Å². The van der Waals surface area contributed by atoms with E-state index in [-0.39, 0.29) is 36.9 Å². The SMILES string of the molecule is C=CCN(C(=O)[C@@H]1[C@H]2C(=O)N(CCCCCO)C(C(=O)N(CC=C)C3CCCCC3)C23CC[C@@]1(CC)O3)c1ccc(OCC)cc1. The number of rotatable bonds is 16. The van der Waals surface area contributed by atoms with Gasteiger partial charge in [-0.1, -0.05) is 38.3 Å². The number of unbranched alkanes of at least 4 members (excludes halogenated alkanes) is 2. The number of carbonyl (C=O) groups excluding carboxylic acids is 3. The lowest BCUT2D eigenvalue weighted by Gasteiger charge is -2.41. The highest BCUT2D eigenvalue weighted by Gasteiger charge is 2.79. The van der Waals surface area contributed by atoms with Crippen LogP contribution in [0, 0.1) is 11.8 Å². The number of aliphatic hydroxyl groups excluding tert-OH is 1. The van der Waals surface area contributed by atoms with Crippen LogP contribution in [-0.4, -0.2) is 88.8 Å². The molecule has 1 aromatic rings. The fourth-order valence-corrected chi connectivity index (χ4v) is 8.80. The van der Waals surface area contributed by atoms with Crippen LogP contribution in [0.15, 0.2) is 49.6 Å². The Balaban J connectivity index is 1.54. The van der Waals surface area contributed by atoms with Gasteiger partial charge in [-0.05, 0) is 82.6 Å². The van der Waals surface area contributed by atoms with E-state index in [2.05, 4.69) is 13.2 Å². The second-order valence-corrected chi connectivity index (χ2v) is 13.4. The highest BCUT2D eigenvalue weighted by Crippen LogP contribution is 2.65. The normalized spacial score (nSPS) is 28.6. The van der Waals surface area contributed by atoms with E-state index in [9.17, 15) is 19.5 Å². The Morgan fingerprint density at radius 2 is 1.74 bits per heavy atom. The quantitative estimate of drug-likeness (QED) is 0.196. The third kappa shape index (κ3) is 6.01. The fourth-order valence-electron chi connectivity index (χ4n) is 8.80. The van der Waals surface area contributed by atoms with Crippen molar-refractivity contribution < 1.29 is 29.0 Å². The largest absolute Gasteiger partial charge is 0.494 e. The standard InChI is InChI=1S/C37H53N3O6/c1-5-23-38(28-17-19-29(20-18-28)45-8-4)33(42)30-31-34(43)40(25-13-10-14-26-41)32(37(31)22-21-36(30,7-3)46-37)35(44)39(24-6-2)27-15-11-9-12-16-27/h5-6,17-20,27,30-32,41H,1-2,7-16,21-26H2,3-4H3/t30-,31-,32?,36+,37?/m0/s1. The van der Waals surface area contributed by atoms with E-state index in [1.165, 1.54) is 6.42 Å². The van der Waals surface area contributed by atoms with Crippen molar-refractivity contribution >= 4 is 23.4 Å². The van der Waals surface area contributed by atoms with Gasteiger partial charge < -0.3 is 29.3 Å². The molecule has 9 nitrogen and oxygen atoms in total. The number of aliphatic hydroxyl groups is 1. The number of anilines is 1. The van der Waals surface area contributed by atoms with E-state index in [0.29, 0.717) is 57.5 Å². The van der Waals surface area contributed by atoms with Crippen LogP contribution in [0.4, 0.5) is 5.69 Å². The lowest BCUT2D eigenvalue weighted by molar-refractivity contribution is -0.154. The first kappa shape index (κ1) is 34.2. The number of hydrogen-bond acceptors (Lipinski definition) is 6. The molecule has 3 saturated heterocycles. The Kier molecular flexibility index (Phi) is 10.9. The maximum absolute atomic E-state index is 14.9. The smallest absolute Gasteiger partial charge is 0.248 e. The summed E-state index contributed by atoms with van der Waals surface area (Å²) in [4.78, 5) is 49.8. The van der Waals surface area contributed by atoms with E-state index in [1.807, 2.05) is 43.0 Å². The number of carbonyl (C=O) groups is 3. The summed E-state index contributed by atoms with van der Waals surface area (Å²) in [7, 11) is 0. The maximum atomic E-state index is 14.9. The minimum atomic E-state index is -1.08. The second kappa shape index (κ2) is 14.7. The fraction of sp³-hybridized carbons (Fsp3) is 0.649. The average molecular weight is 636 g/mol. The highest BCUT2D eigenvalue weighted by molar-refractivity contribution is 6.03. The molecule has 5 atom stereocenters. The van der Waals surface area contributed by atoms with Gasteiger partial charge in [-0.2, -0.15) is 0 Å². The number of amides is 3. The zero-order chi connectivity index (χ0) is 32.9. The third-order valence-electron chi connectivity index (χ3n) is 10.9. The Labute approximate surface area is 274 Å². The number of benzene rings is 1. The van der Waals surface area contributed by atoms with Crippen LogP contribution < -0.4 is 9.64 Å². The van der Waals surface area contributed by atoms with E-state index in [0.717, 1.165) is 37.9 Å². The molecule has 1 aliphatic carbocycles. The Hall–Kier alpha value is -3.17. The monoisotopic (exact) mass is 635 g/mol. The summed E-state index contributed by atoms with van der Waals surface area (Å²) in [5.41, 5.74) is -1.21. The van der Waals surface area contributed by atoms with E-state index < -0.39 is 29.1 Å². The lowest BCUT2D eigenvalue weighted by atomic mass is 9.64. The predicted molar refractivity (Wildman–Crippen MR) is 178 cm³/mol. The van der Waals surface area contributed by atoms with Crippen LogP contribution in [0.1, 0.15) is 84.5 Å². The molecule has 3 amide bonds. The Bertz CT molecular complexity index is 1260. The average Bonchev–Trinajstić information content (AvgIpc) is 3.68. The molecule has 252 valence electrons. The van der Waals surface area contributed by atoms with Gasteiger partial charge in [0.15, 0.2) is 0 Å². The summed E-state index contributed by atoms with van der Waals surface area (Å²) in [6, 6.07) is 6.72. The zero-order valence-electron chi connectivity index (χ0n) is 27.8. The molecule has 3 heterocycles. The lowest BCUT2D eigenvalue weighted by Crippen LogP contribution is -2.58. The Morgan fingerprint density at radius 3 is 2.37 bits per heavy atom. The number of nitrogens with zero attached hydrogens (tertiary/aromatic N) is 3. The van der Waals surface area contributed by atoms with Gasteiger partial charge in [-0.25, -0.2) is 0 Å². The number of likely N-dealkylation sites (tertiary alicyclic amines) is 1. The molecule has 2 unspecified atom stereocenters. The predicted octanol–water partition coefficient (Wildman–Crippen LogP) is 5.27. The van der Waals surface area contributed by atoms with Crippen molar-refractivity contribution in [2.24, 2.45) is 11.8 Å². The summed E-state index contributed by atoms with van der Waals surface area (Å²) in [6.45, 7) is 13.5. The minimum Gasteiger partial charge on any atom is -0.494 e. The summed E-state index contributed by atoms with van der Waals surface area (Å²) < 4.78 is 12.7. The molecule has 1 saturated carbocycles. The van der Waals surface area contributed by atoms with Gasteiger partial charge in [0.2, 0.25) is 17.7 Å². The van der Waals surface area contributed by atoms with Crippen molar-refractivity contribution in [2.45, 2.75) is 108 Å². The zero-order valence-corrected chi connectivity index (χ0v) is 27.8. The molecule has 5 rings (SSSR count). The van der Waals surface area contributed by atoms with Crippen molar-refractivity contribution in [2.75, 3.05) is 37.7 Å². The van der Waals surface area contributed by atoms with Crippen molar-refractivity contribution in [3.05, 3.63) is 49.6 Å². The molecule has 1 aromatic carbocycles. The Morgan fingerprint density at radius 1 is 1.02 bits per heavy atom. The van der Waals surface area contributed by atoms with Crippen LogP contribution in [-0.2, 0) is 19.1 Å². The second-order valence-electron chi connectivity index (χ2n) is 13.4. The molecule has 4 fully saturated rings. The molecule has 2 bridgehead atoms. The van der Waals surface area contributed by atoms with Crippen LogP contribution >= 0.6 is 0 Å². The van der Waals surface area contributed by atoms with E-state index in [4.69, 9.17) is 9.47 Å². The first-order valence-electron chi connectivity index (χ1n) is 17.5. The number of ether oxygens (including phenoxy) is 2. The van der Waals surface area contributed by atoms with Crippen molar-refractivity contribution in [3.8, 4) is 5.75 Å². The number of hydrogen-bond donors (Lipinski definition) is 1. The van der Waals surface area contributed by atoms with Gasteiger partial charge in [0.05, 0.1) is 24.0 Å². The summed E-state index contributed by atoms with van der Waals surface area (Å²) in [6.07, 6.45) is 12.4. The maximum Gasteiger partial charge on any atom is 0.248 e. The molecule has 3 aliphatic heterocycles. The molecular weight excluding hydrogens is 582 g/mol. The first-order valence-corrected chi connectivity index (χ1v) is 17.5. The van der Waals surface area contributed by atoms with Crippen molar-refractivity contribution in [1.82, 2.24) is 9.80 Å². The summed E-state index contributed by atoms with van der Waals surface area (Å²) in [5.74, 6) is -1.19. The van der Waals surface area contributed by atoms with Gasteiger partial charge in [0, 0.05) is 38.0 Å². The number of fused-ring (bicyclic) bond motifs is 1. The molecule has 9 heteroatoms. The molecule has 46 heavy (non-hydrogen) atoms. The van der Waals surface area contributed by atoms with Gasteiger partial charge >= 0.3 is 0 Å². The van der Waals surface area contributed by atoms with Crippen LogP contribution in [0.2, 0.25) is 0 Å². The third-order valence-corrected chi connectivity index (χ3v) is 10.9. The molecule has 1 N–H and O–H groups in total. The highest BCUT2D eigenvalue weighted by atomic mass is 16.5. The van der Waals surface area contributed by atoms with E-state index >= 15 is 0 Å². The van der Waals surface area contributed by atoms with Crippen LogP contribution in [0.5, 0.6) is 5.75 Å². The summed E-state index contributed by atoms with van der Waals surface area (Å²) in [5, 5.41) is 9.40. The van der Waals surface area contributed by atoms with Gasteiger partial charge in [-0.15, -0.1) is 13.2 Å². The molecule has 0 aromatic heterocycles. The van der Waals surface area contributed by atoms with Crippen LogP contribution in [0.3, 0.4) is 0 Å². The van der Waals surface area contributed by atoms with Crippen LogP contribution in [0.25, 0.3) is 0 Å². The summed E-state index contributed by atoms with van der Waals surface area (Å²) >= 11 is 0. The van der Waals surface area contributed by atoms with Crippen molar-refractivity contribution in [1.29, 1.82) is 0 Å². The van der Waals surface area contributed by atoms with Crippen molar-refractivity contribution in [3.63, 3.8) is 0 Å². The van der Waals surface area contributed by atoms with E-state index in [1.54, 1.807) is 22.0 Å². The molecule has 0 radical (unpaired) electrons. The van der Waals surface area contributed by atoms with Gasteiger partial charge in [0.25, 0.3) is 0 Å². The van der Waals surface area contributed by atoms with Gasteiger partial charge in [-0.3, -0.25) is 14.4 Å². The molecule has 1 spiro atoms. The molecular formula is C37H53N3O6. The topological polar surface area (TPSA) is 99.6 Å².